The predicted molar refractivity (Wildman–Crippen MR) is 69.8 cm³/mol. The molecule has 0 saturated heterocycles. The fraction of sp³-hybridized carbons (Fsp3) is 0.286. The Balaban J connectivity index is 0.000000267. The van der Waals surface area contributed by atoms with Crippen LogP contribution in [0.4, 0.5) is 0 Å². The number of rotatable bonds is 0. The minimum Gasteiger partial charge on any atom is -0.173 e. The summed E-state index contributed by atoms with van der Waals surface area (Å²) < 4.78 is 1.02. The van der Waals surface area contributed by atoms with Gasteiger partial charge >= 0.3 is 0 Å². The van der Waals surface area contributed by atoms with Crippen LogP contribution in [0.15, 0.2) is 46.5 Å². The van der Waals surface area contributed by atoms with E-state index in [2.05, 4.69) is 47.1 Å². The van der Waals surface area contributed by atoms with Crippen molar-refractivity contribution in [3.8, 4) is 0 Å². The monoisotopic (exact) mass is 522 g/mol. The molecule has 0 atom stereocenters. The van der Waals surface area contributed by atoms with Gasteiger partial charge in [0.15, 0.2) is 0 Å². The maximum absolute atomic E-state index is 3.29. The first kappa shape index (κ1) is 14.2. The van der Waals surface area contributed by atoms with Gasteiger partial charge < -0.3 is 0 Å². The Kier molecular flexibility index (Phi) is 6.62. The summed E-state index contributed by atoms with van der Waals surface area (Å²) in [6.45, 7) is 4.18. The van der Waals surface area contributed by atoms with Crippen LogP contribution in [0, 0.1) is 13.0 Å². The molecule has 0 heterocycles. The third kappa shape index (κ3) is 5.82. The zero-order chi connectivity index (χ0) is 11.1. The molecular weight excluding hydrogens is 507 g/mol. The Morgan fingerprint density at radius 3 is 2.25 bits per heavy atom. The molecule has 0 fully saturated rings. The average Bonchev–Trinajstić information content (AvgIpc) is 2.25. The van der Waals surface area contributed by atoms with Gasteiger partial charge in [0.2, 0.25) is 0 Å². The van der Waals surface area contributed by atoms with Gasteiger partial charge in [-0.15, -0.1) is 0 Å². The van der Waals surface area contributed by atoms with Crippen LogP contribution < -0.4 is 0 Å². The molecule has 0 aliphatic heterocycles. The van der Waals surface area contributed by atoms with E-state index in [0.717, 1.165) is 4.47 Å². The van der Waals surface area contributed by atoms with Crippen molar-refractivity contribution < 1.29 is 0 Å². The van der Waals surface area contributed by atoms with Crippen LogP contribution in [-0.2, 0) is 0 Å². The number of halogens is 1. The molecule has 0 spiro atoms. The van der Waals surface area contributed by atoms with Crippen LogP contribution in [0.5, 0.6) is 0 Å². The van der Waals surface area contributed by atoms with Gasteiger partial charge in [0.1, 0.15) is 0 Å². The molecule has 1 aromatic rings. The molecule has 0 N–H and O–H groups in total. The number of aryl methyl sites for hydroxylation is 1. The minimum absolute atomic E-state index is 0. The molecule has 2 rings (SSSR count). The SMILES string of the molecule is CC1=CCCC=C1.Cc1c[c-]c(Br)cc1.[No]. The Labute approximate surface area is 101 Å². The van der Waals surface area contributed by atoms with Gasteiger partial charge in [0.05, 0.1) is 0 Å². The van der Waals surface area contributed by atoms with Gasteiger partial charge in [-0.05, 0) is 19.8 Å². The van der Waals surface area contributed by atoms with E-state index in [4.69, 9.17) is 0 Å². The van der Waals surface area contributed by atoms with E-state index in [1.165, 1.54) is 24.0 Å². The van der Waals surface area contributed by atoms with Crippen molar-refractivity contribution in [2.45, 2.75) is 26.7 Å². The zero-order valence-electron chi connectivity index (χ0n) is 9.52. The summed E-state index contributed by atoms with van der Waals surface area (Å²) in [6, 6.07) is 8.99. The molecule has 0 nitrogen and oxygen atoms in total. The predicted octanol–water partition coefficient (Wildman–Crippen LogP) is 4.84. The Hall–Kier alpha value is -1.82. The van der Waals surface area contributed by atoms with Crippen molar-refractivity contribution >= 4 is 15.9 Å². The summed E-state index contributed by atoms with van der Waals surface area (Å²) >= 11 is 3.29. The fourth-order valence-corrected chi connectivity index (χ4v) is 1.47. The Bertz CT molecular complexity index is 329. The van der Waals surface area contributed by atoms with E-state index >= 15 is 0 Å². The molecule has 0 unspecified atom stereocenters. The first-order valence-electron chi connectivity index (χ1n) is 5.15. The van der Waals surface area contributed by atoms with E-state index in [-0.39, 0.29) is 0 Å². The van der Waals surface area contributed by atoms with Gasteiger partial charge in [-0.1, -0.05) is 51.1 Å². The third-order valence-corrected chi connectivity index (χ3v) is 2.60. The molecule has 0 radical (unpaired) electrons. The second kappa shape index (κ2) is 7.47. The van der Waals surface area contributed by atoms with Crippen LogP contribution in [0.3, 0.4) is 0 Å². The van der Waals surface area contributed by atoms with Crippen molar-refractivity contribution in [1.82, 2.24) is 0 Å². The van der Waals surface area contributed by atoms with Crippen LogP contribution in [-0.4, -0.2) is 0 Å². The summed E-state index contributed by atoms with van der Waals surface area (Å²) in [6.07, 6.45) is 9.12. The van der Waals surface area contributed by atoms with E-state index < -0.39 is 0 Å². The Morgan fingerprint density at radius 2 is 1.94 bits per heavy atom. The summed E-state index contributed by atoms with van der Waals surface area (Å²) in [7, 11) is 0. The van der Waals surface area contributed by atoms with Crippen molar-refractivity contribution in [2.75, 3.05) is 0 Å². The number of hydrogen-bond donors (Lipinski definition) is 0. The van der Waals surface area contributed by atoms with Crippen molar-refractivity contribution in [2.24, 2.45) is 0 Å². The van der Waals surface area contributed by atoms with Crippen molar-refractivity contribution in [3.63, 3.8) is 0 Å². The van der Waals surface area contributed by atoms with Gasteiger partial charge in [-0.25, -0.2) is 0 Å². The standard InChI is InChI=1S/C7H6Br.C7H10.No/c1-6-2-4-7(8)5-3-6;1-7-5-3-2-4-6-7;/h2-4H,1H3;3,5-6H,2,4H2,1H3;/q-1;;. The summed E-state index contributed by atoms with van der Waals surface area (Å²) in [5, 5.41) is 0. The smallest absolute Gasteiger partial charge is 0 e. The second-order valence-corrected chi connectivity index (χ2v) is 4.50. The third-order valence-electron chi connectivity index (χ3n) is 2.11. The quantitative estimate of drug-likeness (QED) is 0.428. The number of allylic oxidation sites excluding steroid dienone is 4. The molecule has 2 heteroatoms. The molecule has 0 saturated carbocycles. The zero-order valence-corrected chi connectivity index (χ0v) is 13.3. The van der Waals surface area contributed by atoms with Gasteiger partial charge in [0, 0.05) is 0 Å². The van der Waals surface area contributed by atoms with Crippen molar-refractivity contribution in [1.29, 1.82) is 0 Å². The van der Waals surface area contributed by atoms with Gasteiger partial charge in [0.25, 0.3) is 0 Å². The van der Waals surface area contributed by atoms with Crippen LogP contribution in [0.25, 0.3) is 0 Å². The number of benzene rings is 1. The molecule has 16 heavy (non-hydrogen) atoms. The molecule has 0 bridgehead atoms. The molecule has 1 aliphatic rings. The van der Waals surface area contributed by atoms with Gasteiger partial charge in [-0.2, -0.15) is 29.8 Å². The second-order valence-electron chi connectivity index (χ2n) is 3.64. The molecule has 1 aromatic carbocycles. The molecule has 1 aliphatic carbocycles. The summed E-state index contributed by atoms with van der Waals surface area (Å²) in [5.41, 5.74) is 2.65. The first-order valence-corrected chi connectivity index (χ1v) is 5.95. The number of hydrogen-bond acceptors (Lipinski definition) is 0. The van der Waals surface area contributed by atoms with E-state index in [1.54, 1.807) is 0 Å². The van der Waals surface area contributed by atoms with Crippen LogP contribution in [0.2, 0.25) is 0 Å². The topological polar surface area (TPSA) is 0 Å². The first-order chi connectivity index (χ1) is 7.18. The average molecular weight is 523 g/mol. The van der Waals surface area contributed by atoms with Crippen LogP contribution >= 0.6 is 15.9 Å². The summed E-state index contributed by atoms with van der Waals surface area (Å²) in [4.78, 5) is 0. The maximum Gasteiger partial charge on any atom is 0 e. The van der Waals surface area contributed by atoms with Crippen molar-refractivity contribution in [3.05, 3.63) is 58.1 Å². The van der Waals surface area contributed by atoms with E-state index in [9.17, 15) is 0 Å². The molecular formula is C14H16BrNo-. The van der Waals surface area contributed by atoms with E-state index in [1.807, 2.05) is 25.1 Å². The van der Waals surface area contributed by atoms with E-state index in [0.29, 0.717) is 0 Å². The Morgan fingerprint density at radius 1 is 1.19 bits per heavy atom. The minimum atomic E-state index is 0. The van der Waals surface area contributed by atoms with Gasteiger partial charge in [-0.3, -0.25) is 0 Å². The summed E-state index contributed by atoms with van der Waals surface area (Å²) in [5.74, 6) is 0. The molecule has 0 aromatic heterocycles. The largest absolute Gasteiger partial charge is 0.173 e. The van der Waals surface area contributed by atoms with Crippen LogP contribution in [0.1, 0.15) is 25.3 Å². The maximum atomic E-state index is 3.29. The molecule has 0 amide bonds. The normalized spacial score (nSPS) is 13.1. The fourth-order valence-electron chi connectivity index (χ4n) is 1.23. The molecule has 94 valence electrons.